The molecule has 9 heteroatoms. The number of rotatable bonds is 4. The Bertz CT molecular complexity index is 798. The van der Waals surface area contributed by atoms with Crippen LogP contribution < -0.4 is 5.32 Å². The number of nitrogens with zero attached hydrogens (tertiary/aromatic N) is 2. The van der Waals surface area contributed by atoms with Gasteiger partial charge in [0.05, 0.1) is 11.8 Å². The summed E-state index contributed by atoms with van der Waals surface area (Å²) in [5.74, 6) is -0.135. The summed E-state index contributed by atoms with van der Waals surface area (Å²) < 4.78 is 27.4. The second kappa shape index (κ2) is 8.66. The van der Waals surface area contributed by atoms with Crippen molar-refractivity contribution in [3.63, 3.8) is 0 Å². The predicted octanol–water partition coefficient (Wildman–Crippen LogP) is 3.29. The first-order valence-electron chi connectivity index (χ1n) is 7.51. The highest BCUT2D eigenvalue weighted by atomic mass is 35.5. The third-order valence-corrected chi connectivity index (χ3v) is 6.18. The van der Waals surface area contributed by atoms with Crippen LogP contribution in [0, 0.1) is 0 Å². The summed E-state index contributed by atoms with van der Waals surface area (Å²) in [5.41, 5.74) is 1.45. The Morgan fingerprint density at radius 3 is 2.60 bits per heavy atom. The number of sulfonamides is 1. The van der Waals surface area contributed by atoms with E-state index in [9.17, 15) is 8.42 Å². The van der Waals surface area contributed by atoms with Gasteiger partial charge < -0.3 is 5.32 Å². The molecule has 1 atom stereocenters. The summed E-state index contributed by atoms with van der Waals surface area (Å²) in [5, 5.41) is 4.10. The van der Waals surface area contributed by atoms with Crippen molar-refractivity contribution in [2.24, 2.45) is 0 Å². The quantitative estimate of drug-likeness (QED) is 0.821. The molecule has 136 valence electrons. The van der Waals surface area contributed by atoms with Crippen molar-refractivity contribution in [3.05, 3.63) is 63.9 Å². The van der Waals surface area contributed by atoms with E-state index in [1.165, 1.54) is 4.31 Å². The highest BCUT2D eigenvalue weighted by Gasteiger charge is 2.33. The van der Waals surface area contributed by atoms with Gasteiger partial charge in [-0.05, 0) is 35.4 Å². The second-order valence-corrected chi connectivity index (χ2v) is 8.45. The monoisotopic (exact) mass is 421 g/mol. The van der Waals surface area contributed by atoms with Crippen LogP contribution >= 0.6 is 35.6 Å². The number of nitrogens with one attached hydrogen (secondary N) is 1. The zero-order valence-corrected chi connectivity index (χ0v) is 16.4. The number of piperazine rings is 1. The molecule has 1 saturated heterocycles. The Labute approximate surface area is 163 Å². The number of pyridine rings is 1. The predicted molar refractivity (Wildman–Crippen MR) is 103 cm³/mol. The number of hydrogen-bond donors (Lipinski definition) is 1. The molecule has 3 rings (SSSR count). The Morgan fingerprint density at radius 1 is 1.24 bits per heavy atom. The lowest BCUT2D eigenvalue weighted by Gasteiger charge is -2.35. The zero-order valence-electron chi connectivity index (χ0n) is 13.2. The topological polar surface area (TPSA) is 62.3 Å². The first-order chi connectivity index (χ1) is 11.5. The maximum atomic E-state index is 13.0. The van der Waals surface area contributed by atoms with Gasteiger partial charge in [0.15, 0.2) is 0 Å². The van der Waals surface area contributed by atoms with E-state index < -0.39 is 10.0 Å². The third-order valence-electron chi connectivity index (χ3n) is 3.89. The van der Waals surface area contributed by atoms with Crippen LogP contribution in [-0.4, -0.2) is 37.3 Å². The Morgan fingerprint density at radius 2 is 1.96 bits per heavy atom. The number of hydrogen-bond acceptors (Lipinski definition) is 4. The molecular formula is C16H18Cl3N3O2S. The molecule has 2 heterocycles. The minimum absolute atomic E-state index is 0. The summed E-state index contributed by atoms with van der Waals surface area (Å²) in [6.07, 6.45) is 3.38. The first kappa shape index (κ1) is 20.4. The summed E-state index contributed by atoms with van der Waals surface area (Å²) >= 11 is 12.0. The van der Waals surface area contributed by atoms with Crippen LogP contribution in [0.4, 0.5) is 0 Å². The lowest BCUT2D eigenvalue weighted by molar-refractivity contribution is 0.271. The fraction of sp³-hybridized carbons (Fsp3) is 0.312. The molecule has 1 aliphatic rings. The van der Waals surface area contributed by atoms with E-state index in [2.05, 4.69) is 10.3 Å². The largest absolute Gasteiger partial charge is 0.313 e. The molecule has 1 aromatic carbocycles. The molecule has 2 aromatic rings. The van der Waals surface area contributed by atoms with Gasteiger partial charge in [-0.15, -0.1) is 12.4 Å². The molecule has 1 unspecified atom stereocenters. The van der Waals surface area contributed by atoms with Crippen molar-refractivity contribution in [1.29, 1.82) is 0 Å². The molecule has 1 fully saturated rings. The molecule has 0 spiro atoms. The van der Waals surface area contributed by atoms with Gasteiger partial charge in [-0.25, -0.2) is 8.42 Å². The highest BCUT2D eigenvalue weighted by molar-refractivity contribution is 7.88. The standard InChI is InChI=1S/C16H17Cl2N3O2S.ClH/c17-14-6-12(7-15(18)8-14)11-24(22,23)21-5-4-20-10-16(21)13-2-1-3-19-9-13;/h1-3,6-9,16,20H,4-5,10-11H2;1H. The van der Waals surface area contributed by atoms with Gasteiger partial charge in [-0.2, -0.15) is 4.31 Å². The van der Waals surface area contributed by atoms with E-state index in [1.807, 2.05) is 12.1 Å². The van der Waals surface area contributed by atoms with Gasteiger partial charge in [-0.1, -0.05) is 29.3 Å². The molecule has 0 radical (unpaired) electrons. The summed E-state index contributed by atoms with van der Waals surface area (Å²) in [7, 11) is -3.52. The molecule has 1 aromatic heterocycles. The van der Waals surface area contributed by atoms with E-state index in [-0.39, 0.29) is 24.2 Å². The van der Waals surface area contributed by atoms with Crippen molar-refractivity contribution in [2.45, 2.75) is 11.8 Å². The maximum Gasteiger partial charge on any atom is 0.218 e. The number of aromatic nitrogens is 1. The molecule has 0 bridgehead atoms. The van der Waals surface area contributed by atoms with Gasteiger partial charge in [0.25, 0.3) is 0 Å². The van der Waals surface area contributed by atoms with Crippen LogP contribution in [0.1, 0.15) is 17.2 Å². The van der Waals surface area contributed by atoms with E-state index in [0.717, 1.165) is 5.56 Å². The Balaban J connectivity index is 0.00000225. The molecule has 1 N–H and O–H groups in total. The second-order valence-electron chi connectivity index (χ2n) is 5.65. The van der Waals surface area contributed by atoms with E-state index in [4.69, 9.17) is 23.2 Å². The van der Waals surface area contributed by atoms with Gasteiger partial charge in [-0.3, -0.25) is 4.98 Å². The SMILES string of the molecule is Cl.O=S(=O)(Cc1cc(Cl)cc(Cl)c1)N1CCNCC1c1cccnc1. The lowest BCUT2D eigenvalue weighted by Crippen LogP contribution is -2.48. The third kappa shape index (κ3) is 5.06. The van der Waals surface area contributed by atoms with Crippen LogP contribution in [-0.2, 0) is 15.8 Å². The zero-order chi connectivity index (χ0) is 17.2. The minimum Gasteiger partial charge on any atom is -0.313 e. The van der Waals surface area contributed by atoms with E-state index >= 15 is 0 Å². The molecule has 1 aliphatic heterocycles. The normalized spacial score (nSPS) is 18.6. The van der Waals surface area contributed by atoms with Crippen LogP contribution in [0.2, 0.25) is 10.0 Å². The van der Waals surface area contributed by atoms with Crippen molar-refractivity contribution in [1.82, 2.24) is 14.6 Å². The fourth-order valence-electron chi connectivity index (χ4n) is 2.86. The Hall–Kier alpha value is -0.890. The molecule has 5 nitrogen and oxygen atoms in total. The van der Waals surface area contributed by atoms with Crippen LogP contribution in [0.5, 0.6) is 0 Å². The van der Waals surface area contributed by atoms with Gasteiger partial charge in [0.2, 0.25) is 10.0 Å². The molecular weight excluding hydrogens is 405 g/mol. The average Bonchev–Trinajstić information content (AvgIpc) is 2.54. The lowest BCUT2D eigenvalue weighted by atomic mass is 10.1. The minimum atomic E-state index is -3.52. The van der Waals surface area contributed by atoms with Gasteiger partial charge in [0.1, 0.15) is 0 Å². The van der Waals surface area contributed by atoms with Gasteiger partial charge >= 0.3 is 0 Å². The average molecular weight is 423 g/mol. The van der Waals surface area contributed by atoms with Crippen LogP contribution in [0.25, 0.3) is 0 Å². The molecule has 0 saturated carbocycles. The Kier molecular flexibility index (Phi) is 7.08. The van der Waals surface area contributed by atoms with Crippen molar-refractivity contribution in [2.75, 3.05) is 19.6 Å². The molecule has 0 amide bonds. The smallest absolute Gasteiger partial charge is 0.218 e. The summed E-state index contributed by atoms with van der Waals surface area (Å²) in [6.45, 7) is 1.59. The summed E-state index contributed by atoms with van der Waals surface area (Å²) in [6, 6.07) is 8.28. The fourth-order valence-corrected chi connectivity index (χ4v) is 5.14. The first-order valence-corrected chi connectivity index (χ1v) is 9.87. The maximum absolute atomic E-state index is 13.0. The highest BCUT2D eigenvalue weighted by Crippen LogP contribution is 2.28. The van der Waals surface area contributed by atoms with E-state index in [1.54, 1.807) is 30.6 Å². The van der Waals surface area contributed by atoms with Crippen molar-refractivity contribution in [3.8, 4) is 0 Å². The molecule has 0 aliphatic carbocycles. The summed E-state index contributed by atoms with van der Waals surface area (Å²) in [4.78, 5) is 4.10. The number of halogens is 3. The van der Waals surface area contributed by atoms with Crippen molar-refractivity contribution >= 4 is 45.6 Å². The van der Waals surface area contributed by atoms with Crippen molar-refractivity contribution < 1.29 is 8.42 Å². The van der Waals surface area contributed by atoms with E-state index in [0.29, 0.717) is 35.2 Å². The van der Waals surface area contributed by atoms with Crippen LogP contribution in [0.15, 0.2) is 42.7 Å². The number of benzene rings is 1. The molecule has 25 heavy (non-hydrogen) atoms. The van der Waals surface area contributed by atoms with Crippen LogP contribution in [0.3, 0.4) is 0 Å². The van der Waals surface area contributed by atoms with Gasteiger partial charge in [0, 0.05) is 42.1 Å².